The van der Waals surface area contributed by atoms with E-state index in [1.54, 1.807) is 7.11 Å². The van der Waals surface area contributed by atoms with Crippen LogP contribution >= 0.6 is 0 Å². The van der Waals surface area contributed by atoms with Crippen LogP contribution in [-0.2, 0) is 22.6 Å². The standard InChI is InChI=1S/C11H18N4O2/c1-17-7-10-9(6-11(12)16)13-14-15(10)8-4-2-3-5-8/h8H,2-7H2,1H3,(H2,12,16). The molecule has 0 aromatic carbocycles. The average Bonchev–Trinajstić information content (AvgIpc) is 2.88. The normalized spacial score (nSPS) is 16.5. The lowest BCUT2D eigenvalue weighted by molar-refractivity contribution is -0.117. The quantitative estimate of drug-likeness (QED) is 0.812. The number of nitrogens with zero attached hydrogens (tertiary/aromatic N) is 3. The second kappa shape index (κ2) is 5.27. The molecule has 1 fully saturated rings. The molecular weight excluding hydrogens is 220 g/mol. The zero-order valence-electron chi connectivity index (χ0n) is 10.1. The highest BCUT2D eigenvalue weighted by Gasteiger charge is 2.23. The second-order valence-corrected chi connectivity index (χ2v) is 4.44. The Morgan fingerprint density at radius 1 is 1.53 bits per heavy atom. The summed E-state index contributed by atoms with van der Waals surface area (Å²) in [6.07, 6.45) is 4.82. The molecule has 0 radical (unpaired) electrons. The molecule has 94 valence electrons. The molecule has 6 heteroatoms. The third-order valence-electron chi connectivity index (χ3n) is 3.16. The lowest BCUT2D eigenvalue weighted by atomic mass is 10.2. The van der Waals surface area contributed by atoms with Crippen LogP contribution in [0.15, 0.2) is 0 Å². The molecule has 0 bridgehead atoms. The first-order chi connectivity index (χ1) is 8.22. The Morgan fingerprint density at radius 3 is 2.82 bits per heavy atom. The molecule has 1 aromatic heterocycles. The number of rotatable bonds is 5. The summed E-state index contributed by atoms with van der Waals surface area (Å²) < 4.78 is 7.07. The van der Waals surface area contributed by atoms with Crippen LogP contribution in [0.5, 0.6) is 0 Å². The lowest BCUT2D eigenvalue weighted by Gasteiger charge is -2.13. The Balaban J connectivity index is 2.24. The summed E-state index contributed by atoms with van der Waals surface area (Å²) >= 11 is 0. The number of amides is 1. The summed E-state index contributed by atoms with van der Waals surface area (Å²) in [7, 11) is 1.63. The van der Waals surface area contributed by atoms with E-state index in [9.17, 15) is 4.79 Å². The fraction of sp³-hybridized carbons (Fsp3) is 0.727. The molecule has 1 aliphatic carbocycles. The number of primary amides is 1. The minimum Gasteiger partial charge on any atom is -0.378 e. The highest BCUT2D eigenvalue weighted by atomic mass is 16.5. The Hall–Kier alpha value is -1.43. The number of ether oxygens (including phenoxy) is 1. The predicted octanol–water partition coefficient (Wildman–Crippen LogP) is 0.567. The highest BCUT2D eigenvalue weighted by molar-refractivity contribution is 5.76. The van der Waals surface area contributed by atoms with Crippen molar-refractivity contribution in [3.8, 4) is 0 Å². The number of aromatic nitrogens is 3. The molecule has 0 unspecified atom stereocenters. The smallest absolute Gasteiger partial charge is 0.223 e. The van der Waals surface area contributed by atoms with E-state index in [1.165, 1.54) is 12.8 Å². The number of hydrogen-bond acceptors (Lipinski definition) is 4. The molecule has 1 saturated carbocycles. The first kappa shape index (κ1) is 12.0. The van der Waals surface area contributed by atoms with Gasteiger partial charge in [-0.15, -0.1) is 5.10 Å². The summed E-state index contributed by atoms with van der Waals surface area (Å²) in [5.74, 6) is -0.388. The fourth-order valence-electron chi connectivity index (χ4n) is 2.38. The predicted molar refractivity (Wildman–Crippen MR) is 61.1 cm³/mol. The number of nitrogens with two attached hydrogens (primary N) is 1. The van der Waals surface area contributed by atoms with Crippen LogP contribution < -0.4 is 5.73 Å². The van der Waals surface area contributed by atoms with Gasteiger partial charge in [-0.1, -0.05) is 18.1 Å². The van der Waals surface area contributed by atoms with Gasteiger partial charge in [-0.05, 0) is 12.8 Å². The van der Waals surface area contributed by atoms with Crippen molar-refractivity contribution in [3.63, 3.8) is 0 Å². The zero-order valence-corrected chi connectivity index (χ0v) is 10.1. The van der Waals surface area contributed by atoms with E-state index < -0.39 is 0 Å². The molecule has 1 amide bonds. The van der Waals surface area contributed by atoms with Crippen molar-refractivity contribution in [2.24, 2.45) is 5.73 Å². The third kappa shape index (κ3) is 2.63. The van der Waals surface area contributed by atoms with E-state index in [1.807, 2.05) is 4.68 Å². The van der Waals surface area contributed by atoms with Gasteiger partial charge in [0, 0.05) is 7.11 Å². The monoisotopic (exact) mass is 238 g/mol. The van der Waals surface area contributed by atoms with Crippen LogP contribution in [0.4, 0.5) is 0 Å². The molecule has 0 atom stereocenters. The summed E-state index contributed by atoms with van der Waals surface area (Å²) in [5, 5.41) is 8.20. The van der Waals surface area contributed by atoms with Crippen molar-refractivity contribution in [3.05, 3.63) is 11.4 Å². The maximum atomic E-state index is 11.0. The number of methoxy groups -OCH3 is 1. The van der Waals surface area contributed by atoms with E-state index >= 15 is 0 Å². The maximum absolute atomic E-state index is 11.0. The SMILES string of the molecule is COCc1c(CC(N)=O)nnn1C1CCCC1. The second-order valence-electron chi connectivity index (χ2n) is 4.44. The Labute approximate surface area is 100 Å². The topological polar surface area (TPSA) is 83.0 Å². The largest absolute Gasteiger partial charge is 0.378 e. The van der Waals surface area contributed by atoms with Crippen LogP contribution in [0, 0.1) is 0 Å². The van der Waals surface area contributed by atoms with Gasteiger partial charge in [0.05, 0.1) is 30.5 Å². The molecule has 17 heavy (non-hydrogen) atoms. The summed E-state index contributed by atoms with van der Waals surface area (Å²) in [5.41, 5.74) is 6.73. The summed E-state index contributed by atoms with van der Waals surface area (Å²) in [4.78, 5) is 11.0. The van der Waals surface area contributed by atoms with E-state index in [0.717, 1.165) is 18.5 Å². The molecule has 0 spiro atoms. The third-order valence-corrected chi connectivity index (χ3v) is 3.16. The van der Waals surface area contributed by atoms with Crippen molar-refractivity contribution in [1.82, 2.24) is 15.0 Å². The summed E-state index contributed by atoms with van der Waals surface area (Å²) in [6.45, 7) is 0.423. The van der Waals surface area contributed by atoms with Gasteiger partial charge in [-0.3, -0.25) is 4.79 Å². The molecule has 1 heterocycles. The van der Waals surface area contributed by atoms with Gasteiger partial charge in [-0.25, -0.2) is 4.68 Å². The van der Waals surface area contributed by atoms with E-state index in [4.69, 9.17) is 10.5 Å². The fourth-order valence-corrected chi connectivity index (χ4v) is 2.38. The molecular formula is C11H18N4O2. The first-order valence-electron chi connectivity index (χ1n) is 5.92. The molecule has 0 saturated heterocycles. The highest BCUT2D eigenvalue weighted by Crippen LogP contribution is 2.30. The lowest BCUT2D eigenvalue weighted by Crippen LogP contribution is -2.17. The van der Waals surface area contributed by atoms with Crippen molar-refractivity contribution < 1.29 is 9.53 Å². The van der Waals surface area contributed by atoms with Crippen LogP contribution in [0.3, 0.4) is 0 Å². The van der Waals surface area contributed by atoms with Crippen LogP contribution in [-0.4, -0.2) is 28.0 Å². The average molecular weight is 238 g/mol. The van der Waals surface area contributed by atoms with Crippen LogP contribution in [0.2, 0.25) is 0 Å². The number of hydrogen-bond donors (Lipinski definition) is 1. The minimum absolute atomic E-state index is 0.130. The van der Waals surface area contributed by atoms with Gasteiger partial charge in [-0.2, -0.15) is 0 Å². The van der Waals surface area contributed by atoms with Gasteiger partial charge in [0.15, 0.2) is 0 Å². The molecule has 1 aromatic rings. The van der Waals surface area contributed by atoms with Crippen molar-refractivity contribution in [2.45, 2.75) is 44.8 Å². The first-order valence-corrected chi connectivity index (χ1v) is 5.92. The maximum Gasteiger partial charge on any atom is 0.223 e. The minimum atomic E-state index is -0.388. The van der Waals surface area contributed by atoms with E-state index in [2.05, 4.69) is 10.3 Å². The molecule has 6 nitrogen and oxygen atoms in total. The Morgan fingerprint density at radius 2 is 2.24 bits per heavy atom. The van der Waals surface area contributed by atoms with Crippen molar-refractivity contribution in [1.29, 1.82) is 0 Å². The molecule has 0 aliphatic heterocycles. The number of carbonyl (C=O) groups excluding carboxylic acids is 1. The Bertz CT molecular complexity index is 396. The molecule has 2 rings (SSSR count). The van der Waals surface area contributed by atoms with Gasteiger partial charge in [0.1, 0.15) is 0 Å². The number of carbonyl (C=O) groups is 1. The van der Waals surface area contributed by atoms with Gasteiger partial charge < -0.3 is 10.5 Å². The Kier molecular flexibility index (Phi) is 3.73. The van der Waals surface area contributed by atoms with Gasteiger partial charge >= 0.3 is 0 Å². The molecule has 1 aliphatic rings. The van der Waals surface area contributed by atoms with E-state index in [-0.39, 0.29) is 12.3 Å². The van der Waals surface area contributed by atoms with E-state index in [0.29, 0.717) is 18.3 Å². The van der Waals surface area contributed by atoms with Gasteiger partial charge in [0.2, 0.25) is 5.91 Å². The van der Waals surface area contributed by atoms with Crippen molar-refractivity contribution in [2.75, 3.05) is 7.11 Å². The van der Waals surface area contributed by atoms with Crippen molar-refractivity contribution >= 4 is 5.91 Å². The zero-order chi connectivity index (χ0) is 12.3. The van der Waals surface area contributed by atoms with Crippen LogP contribution in [0.25, 0.3) is 0 Å². The van der Waals surface area contributed by atoms with Crippen LogP contribution in [0.1, 0.15) is 43.1 Å². The molecule has 2 N–H and O–H groups in total. The summed E-state index contributed by atoms with van der Waals surface area (Å²) in [6, 6.07) is 0.397. The van der Waals surface area contributed by atoms with Gasteiger partial charge in [0.25, 0.3) is 0 Å².